The van der Waals surface area contributed by atoms with E-state index in [1.165, 1.54) is 0 Å². The summed E-state index contributed by atoms with van der Waals surface area (Å²) < 4.78 is 1.11. The maximum Gasteiger partial charge on any atom is 0.244 e. The molecule has 1 aromatic carbocycles. The highest BCUT2D eigenvalue weighted by Crippen LogP contribution is 2.41. The quantitative estimate of drug-likeness (QED) is 0.630. The molecule has 0 saturated heterocycles. The van der Waals surface area contributed by atoms with Crippen LogP contribution in [0.2, 0.25) is 0 Å². The Bertz CT molecular complexity index is 808. The molecular formula is C20H25IN4O. The summed E-state index contributed by atoms with van der Waals surface area (Å²) in [5.41, 5.74) is 3.86. The Morgan fingerprint density at radius 3 is 2.77 bits per heavy atom. The van der Waals surface area contributed by atoms with Crippen molar-refractivity contribution >= 4 is 51.4 Å². The van der Waals surface area contributed by atoms with Crippen LogP contribution in [0.25, 0.3) is 0 Å². The van der Waals surface area contributed by atoms with Crippen LogP contribution in [0, 0.1) is 10.5 Å². The monoisotopic (exact) mass is 464 g/mol. The maximum atomic E-state index is 12.5. The van der Waals surface area contributed by atoms with Crippen molar-refractivity contribution in [2.24, 2.45) is 0 Å². The number of amides is 1. The van der Waals surface area contributed by atoms with E-state index in [9.17, 15) is 4.79 Å². The topological polar surface area (TPSA) is 48.5 Å². The van der Waals surface area contributed by atoms with Gasteiger partial charge < -0.3 is 15.1 Å². The van der Waals surface area contributed by atoms with Gasteiger partial charge in [0.05, 0.1) is 11.4 Å². The van der Waals surface area contributed by atoms with Gasteiger partial charge in [0.1, 0.15) is 12.2 Å². The average Bonchev–Trinajstić information content (AvgIpc) is 2.62. The number of para-hydroxylation sites is 1. The normalized spacial score (nSPS) is 13.4. The van der Waals surface area contributed by atoms with Crippen LogP contribution in [0.4, 0.5) is 22.9 Å². The Morgan fingerprint density at radius 1 is 1.31 bits per heavy atom. The summed E-state index contributed by atoms with van der Waals surface area (Å²) in [6.07, 6.45) is 2.27. The van der Waals surface area contributed by atoms with Gasteiger partial charge in [0.2, 0.25) is 5.91 Å². The fraction of sp³-hybridized carbons (Fsp3) is 0.400. The van der Waals surface area contributed by atoms with E-state index < -0.39 is 0 Å². The smallest absolute Gasteiger partial charge is 0.244 e. The molecular weight excluding hydrogens is 439 g/mol. The molecule has 1 N–H and O–H groups in total. The van der Waals surface area contributed by atoms with Crippen LogP contribution in [0.1, 0.15) is 32.4 Å². The molecule has 1 aromatic heterocycles. The van der Waals surface area contributed by atoms with Crippen molar-refractivity contribution in [3.05, 3.63) is 39.6 Å². The number of rotatable bonds is 6. The van der Waals surface area contributed by atoms with Gasteiger partial charge in [-0.05, 0) is 61.1 Å². The van der Waals surface area contributed by atoms with E-state index in [0.717, 1.165) is 58.1 Å². The molecule has 6 heteroatoms. The van der Waals surface area contributed by atoms with Gasteiger partial charge in [-0.15, -0.1) is 0 Å². The molecule has 1 amide bonds. The largest absolute Gasteiger partial charge is 0.370 e. The van der Waals surface area contributed by atoms with Gasteiger partial charge in [-0.2, -0.15) is 0 Å². The minimum absolute atomic E-state index is 0.00407. The fourth-order valence-corrected chi connectivity index (χ4v) is 3.95. The van der Waals surface area contributed by atoms with E-state index in [1.54, 1.807) is 0 Å². The van der Waals surface area contributed by atoms with Crippen LogP contribution < -0.4 is 15.1 Å². The van der Waals surface area contributed by atoms with Crippen molar-refractivity contribution < 1.29 is 4.79 Å². The predicted molar refractivity (Wildman–Crippen MR) is 117 cm³/mol. The van der Waals surface area contributed by atoms with E-state index in [0.29, 0.717) is 0 Å². The minimum Gasteiger partial charge on any atom is -0.370 e. The summed E-state index contributed by atoms with van der Waals surface area (Å²) in [4.78, 5) is 21.6. The van der Waals surface area contributed by atoms with Crippen molar-refractivity contribution in [1.29, 1.82) is 0 Å². The third-order valence-corrected chi connectivity index (χ3v) is 5.49. The molecule has 0 aliphatic carbocycles. The van der Waals surface area contributed by atoms with Crippen LogP contribution in [0.5, 0.6) is 0 Å². The number of aromatic nitrogens is 1. The highest BCUT2D eigenvalue weighted by Gasteiger charge is 2.29. The van der Waals surface area contributed by atoms with Crippen molar-refractivity contribution in [3.63, 3.8) is 0 Å². The van der Waals surface area contributed by atoms with E-state index >= 15 is 0 Å². The summed E-state index contributed by atoms with van der Waals surface area (Å²) >= 11 is 2.31. The Balaban J connectivity index is 2.12. The number of anilines is 4. The summed E-state index contributed by atoms with van der Waals surface area (Å²) in [5, 5.41) is 3.08. The molecule has 3 rings (SSSR count). The summed E-state index contributed by atoms with van der Waals surface area (Å²) in [6.45, 7) is 8.52. The third kappa shape index (κ3) is 3.79. The standard InChI is InChI=1S/C20H25IN4O/c1-4-6-11-24(5-2)17-12-14(3)22-20-19(17)23-18(26)13-25(20)16-10-8-7-9-15(16)21/h7-10,12H,4-6,11,13H2,1-3H3,(H,23,26). The van der Waals surface area contributed by atoms with Crippen LogP contribution in [-0.2, 0) is 4.79 Å². The second-order valence-corrected chi connectivity index (χ2v) is 7.66. The number of aryl methyl sites for hydroxylation is 1. The Kier molecular flexibility index (Phi) is 6.01. The highest BCUT2D eigenvalue weighted by atomic mass is 127. The molecule has 26 heavy (non-hydrogen) atoms. The second kappa shape index (κ2) is 8.24. The number of pyridine rings is 1. The first kappa shape index (κ1) is 18.9. The lowest BCUT2D eigenvalue weighted by Crippen LogP contribution is -2.38. The van der Waals surface area contributed by atoms with Crippen molar-refractivity contribution in [3.8, 4) is 0 Å². The van der Waals surface area contributed by atoms with Gasteiger partial charge in [0.25, 0.3) is 0 Å². The lowest BCUT2D eigenvalue weighted by atomic mass is 10.1. The minimum atomic E-state index is -0.00407. The lowest BCUT2D eigenvalue weighted by molar-refractivity contribution is -0.115. The number of nitrogens with one attached hydrogen (secondary N) is 1. The lowest BCUT2D eigenvalue weighted by Gasteiger charge is -2.34. The predicted octanol–water partition coefficient (Wildman–Crippen LogP) is 4.71. The first-order chi connectivity index (χ1) is 12.5. The van der Waals surface area contributed by atoms with E-state index in [1.807, 2.05) is 30.0 Å². The van der Waals surface area contributed by atoms with Gasteiger partial charge in [0.15, 0.2) is 5.82 Å². The van der Waals surface area contributed by atoms with E-state index in [-0.39, 0.29) is 12.5 Å². The van der Waals surface area contributed by atoms with Crippen molar-refractivity contribution in [2.75, 3.05) is 34.8 Å². The van der Waals surface area contributed by atoms with E-state index in [4.69, 9.17) is 4.98 Å². The number of carbonyl (C=O) groups excluding carboxylic acids is 1. The first-order valence-electron chi connectivity index (χ1n) is 9.13. The fourth-order valence-electron chi connectivity index (χ4n) is 3.27. The molecule has 0 atom stereocenters. The number of halogens is 1. The number of nitrogens with zero attached hydrogens (tertiary/aromatic N) is 3. The number of benzene rings is 1. The number of hydrogen-bond donors (Lipinski definition) is 1. The molecule has 5 nitrogen and oxygen atoms in total. The number of unbranched alkanes of at least 4 members (excludes halogenated alkanes) is 1. The second-order valence-electron chi connectivity index (χ2n) is 6.50. The maximum absolute atomic E-state index is 12.5. The SMILES string of the molecule is CCCCN(CC)c1cc(C)nc2c1NC(=O)CN2c1ccccc1I. The number of fused-ring (bicyclic) bond motifs is 1. The first-order valence-corrected chi connectivity index (χ1v) is 10.2. The Morgan fingerprint density at radius 2 is 2.08 bits per heavy atom. The molecule has 0 saturated carbocycles. The van der Waals surface area contributed by atoms with E-state index in [2.05, 4.69) is 58.8 Å². The Labute approximate surface area is 168 Å². The van der Waals surface area contributed by atoms with Crippen LogP contribution in [-0.4, -0.2) is 30.5 Å². The van der Waals surface area contributed by atoms with Crippen LogP contribution >= 0.6 is 22.6 Å². The zero-order valence-electron chi connectivity index (χ0n) is 15.6. The van der Waals surface area contributed by atoms with Gasteiger partial charge >= 0.3 is 0 Å². The molecule has 0 spiro atoms. The summed E-state index contributed by atoms with van der Waals surface area (Å²) in [5.74, 6) is 0.828. The molecule has 138 valence electrons. The van der Waals surface area contributed by atoms with Crippen LogP contribution in [0.3, 0.4) is 0 Å². The molecule has 2 aromatic rings. The van der Waals surface area contributed by atoms with Gasteiger partial charge in [0, 0.05) is 22.4 Å². The molecule has 0 fully saturated rings. The number of hydrogen-bond acceptors (Lipinski definition) is 4. The Hall–Kier alpha value is -1.83. The number of carbonyl (C=O) groups is 1. The molecule has 0 bridgehead atoms. The summed E-state index contributed by atoms with van der Waals surface area (Å²) in [7, 11) is 0. The molecule has 1 aliphatic rings. The van der Waals surface area contributed by atoms with Crippen molar-refractivity contribution in [2.45, 2.75) is 33.6 Å². The third-order valence-electron chi connectivity index (χ3n) is 4.58. The zero-order valence-corrected chi connectivity index (χ0v) is 17.7. The van der Waals surface area contributed by atoms with Gasteiger partial charge in [-0.1, -0.05) is 25.5 Å². The van der Waals surface area contributed by atoms with Crippen LogP contribution in [0.15, 0.2) is 30.3 Å². The average molecular weight is 464 g/mol. The highest BCUT2D eigenvalue weighted by molar-refractivity contribution is 14.1. The zero-order chi connectivity index (χ0) is 18.7. The van der Waals surface area contributed by atoms with Gasteiger partial charge in [-0.3, -0.25) is 4.79 Å². The molecule has 2 heterocycles. The van der Waals surface area contributed by atoms with Gasteiger partial charge in [-0.25, -0.2) is 4.98 Å². The molecule has 0 radical (unpaired) electrons. The van der Waals surface area contributed by atoms with Crippen molar-refractivity contribution in [1.82, 2.24) is 4.98 Å². The summed E-state index contributed by atoms with van der Waals surface area (Å²) in [6, 6.07) is 10.2. The molecule has 1 aliphatic heterocycles. The molecule has 0 unspecified atom stereocenters.